The highest BCUT2D eigenvalue weighted by molar-refractivity contribution is 6.30. The number of anilines is 1. The molecule has 1 unspecified atom stereocenters. The number of halogens is 1. The highest BCUT2D eigenvalue weighted by Gasteiger charge is 2.17. The quantitative estimate of drug-likeness (QED) is 0.557. The smallest absolute Gasteiger partial charge is 0.226 e. The number of benzene rings is 2. The molecule has 0 spiro atoms. The summed E-state index contributed by atoms with van der Waals surface area (Å²) in [6.45, 7) is 3.32. The third-order valence-corrected chi connectivity index (χ3v) is 4.61. The number of carbonyl (C=O) groups is 2. The predicted molar refractivity (Wildman–Crippen MR) is 117 cm³/mol. The van der Waals surface area contributed by atoms with Gasteiger partial charge >= 0.3 is 0 Å². The van der Waals surface area contributed by atoms with Gasteiger partial charge in [0.15, 0.2) is 0 Å². The van der Waals surface area contributed by atoms with Gasteiger partial charge in [-0.15, -0.1) is 0 Å². The second kappa shape index (κ2) is 9.89. The summed E-state index contributed by atoms with van der Waals surface area (Å²) < 4.78 is 5.81. The summed E-state index contributed by atoms with van der Waals surface area (Å²) in [4.78, 5) is 28.2. The number of aryl methyl sites for hydroxylation is 1. The van der Waals surface area contributed by atoms with Crippen LogP contribution in [0.3, 0.4) is 0 Å². The predicted octanol–water partition coefficient (Wildman–Crippen LogP) is 5.04. The molecule has 6 nitrogen and oxygen atoms in total. The van der Waals surface area contributed by atoms with Gasteiger partial charge in [-0.3, -0.25) is 14.6 Å². The van der Waals surface area contributed by atoms with Crippen LogP contribution in [0.15, 0.2) is 67.0 Å². The van der Waals surface area contributed by atoms with Crippen LogP contribution in [0.2, 0.25) is 5.02 Å². The summed E-state index contributed by atoms with van der Waals surface area (Å²) in [6.07, 6.45) is 3.40. The lowest BCUT2D eigenvalue weighted by Gasteiger charge is -2.18. The highest BCUT2D eigenvalue weighted by atomic mass is 35.5. The van der Waals surface area contributed by atoms with E-state index in [9.17, 15) is 9.59 Å². The number of nitrogens with zero attached hydrogens (tertiary/aromatic N) is 1. The number of amides is 2. The van der Waals surface area contributed by atoms with Crippen molar-refractivity contribution in [1.29, 1.82) is 0 Å². The van der Waals surface area contributed by atoms with Crippen LogP contribution in [0, 0.1) is 6.92 Å². The Bertz CT molecular complexity index is 1020. The Kier molecular flexibility index (Phi) is 7.03. The summed E-state index contributed by atoms with van der Waals surface area (Å²) in [5.41, 5.74) is 2.32. The zero-order valence-corrected chi connectivity index (χ0v) is 17.4. The van der Waals surface area contributed by atoms with Gasteiger partial charge in [-0.2, -0.15) is 0 Å². The van der Waals surface area contributed by atoms with Crippen LogP contribution >= 0.6 is 11.6 Å². The van der Waals surface area contributed by atoms with Crippen molar-refractivity contribution in [3.05, 3.63) is 83.1 Å². The van der Waals surface area contributed by atoms with Crippen LogP contribution in [-0.2, 0) is 9.59 Å². The van der Waals surface area contributed by atoms with Gasteiger partial charge in [0.1, 0.15) is 11.5 Å². The van der Waals surface area contributed by atoms with E-state index >= 15 is 0 Å². The topological polar surface area (TPSA) is 80.3 Å². The molecule has 0 fully saturated rings. The van der Waals surface area contributed by atoms with Gasteiger partial charge in [-0.1, -0.05) is 23.7 Å². The molecule has 0 aliphatic carbocycles. The average molecular weight is 424 g/mol. The van der Waals surface area contributed by atoms with Crippen molar-refractivity contribution < 1.29 is 14.3 Å². The number of rotatable bonds is 7. The van der Waals surface area contributed by atoms with E-state index in [0.717, 1.165) is 11.1 Å². The van der Waals surface area contributed by atoms with Crippen LogP contribution in [-0.4, -0.2) is 16.8 Å². The molecule has 3 rings (SSSR count). The third kappa shape index (κ3) is 6.06. The number of nitrogens with one attached hydrogen (secondary N) is 2. The first-order chi connectivity index (χ1) is 14.4. The molecule has 2 amide bonds. The minimum absolute atomic E-state index is 0.0915. The molecule has 0 radical (unpaired) electrons. The number of hydrogen-bond donors (Lipinski definition) is 2. The van der Waals surface area contributed by atoms with E-state index < -0.39 is 6.04 Å². The van der Waals surface area contributed by atoms with Crippen molar-refractivity contribution in [2.75, 3.05) is 5.32 Å². The number of carbonyl (C=O) groups excluding carboxylic acids is 2. The Labute approximate surface area is 180 Å². The highest BCUT2D eigenvalue weighted by Crippen LogP contribution is 2.27. The van der Waals surface area contributed by atoms with Crippen molar-refractivity contribution >= 4 is 29.1 Å². The maximum atomic E-state index is 12.6. The molecule has 0 saturated heterocycles. The Hall–Kier alpha value is -3.38. The molecular weight excluding hydrogens is 402 g/mol. The number of hydrogen-bond acceptors (Lipinski definition) is 4. The number of ether oxygens (including phenoxy) is 1. The average Bonchev–Trinajstić information content (AvgIpc) is 2.70. The Balaban J connectivity index is 1.67. The molecule has 0 saturated carbocycles. The molecule has 30 heavy (non-hydrogen) atoms. The van der Waals surface area contributed by atoms with Gasteiger partial charge in [0.25, 0.3) is 0 Å². The van der Waals surface area contributed by atoms with Crippen molar-refractivity contribution in [3.8, 4) is 11.5 Å². The maximum absolute atomic E-state index is 12.6. The molecule has 1 heterocycles. The van der Waals surface area contributed by atoms with Crippen molar-refractivity contribution in [1.82, 2.24) is 10.3 Å². The standard InChI is InChI=1S/C23H22ClN3O3/c1-15-12-19(9-10-22(15)30-20-4-3-11-25-14-20)27-23(29)13-21(26-16(2)28)17-5-7-18(24)8-6-17/h3-12,14,21H,13H2,1-2H3,(H,26,28)(H,27,29). The Morgan fingerprint density at radius 1 is 1.13 bits per heavy atom. The first-order valence-electron chi connectivity index (χ1n) is 9.41. The molecule has 1 atom stereocenters. The van der Waals surface area contributed by atoms with Gasteiger partial charge in [0.05, 0.1) is 18.7 Å². The van der Waals surface area contributed by atoms with Gasteiger partial charge in [0, 0.05) is 23.8 Å². The minimum atomic E-state index is -0.450. The van der Waals surface area contributed by atoms with E-state index in [2.05, 4.69) is 15.6 Å². The molecule has 3 aromatic rings. The third-order valence-electron chi connectivity index (χ3n) is 4.36. The van der Waals surface area contributed by atoms with E-state index in [0.29, 0.717) is 22.2 Å². The second-order valence-electron chi connectivity index (χ2n) is 6.83. The summed E-state index contributed by atoms with van der Waals surface area (Å²) in [5, 5.41) is 6.28. The molecule has 0 aliphatic heterocycles. The van der Waals surface area contributed by atoms with Gasteiger partial charge in [-0.05, 0) is 60.5 Å². The van der Waals surface area contributed by atoms with Crippen LogP contribution in [0.5, 0.6) is 11.5 Å². The van der Waals surface area contributed by atoms with Crippen LogP contribution in [0.25, 0.3) is 0 Å². The largest absolute Gasteiger partial charge is 0.455 e. The first kappa shape index (κ1) is 21.3. The molecule has 2 aromatic carbocycles. The van der Waals surface area contributed by atoms with E-state index in [-0.39, 0.29) is 18.2 Å². The fraction of sp³-hybridized carbons (Fsp3) is 0.174. The fourth-order valence-electron chi connectivity index (χ4n) is 2.97. The number of pyridine rings is 1. The van der Waals surface area contributed by atoms with Crippen molar-refractivity contribution in [2.24, 2.45) is 0 Å². The second-order valence-corrected chi connectivity index (χ2v) is 7.26. The van der Waals surface area contributed by atoms with Crippen LogP contribution in [0.1, 0.15) is 30.5 Å². The molecule has 2 N–H and O–H groups in total. The van der Waals surface area contributed by atoms with Crippen molar-refractivity contribution in [2.45, 2.75) is 26.3 Å². The SMILES string of the molecule is CC(=O)NC(CC(=O)Nc1ccc(Oc2cccnc2)c(C)c1)c1ccc(Cl)cc1. The summed E-state index contributed by atoms with van der Waals surface area (Å²) in [7, 11) is 0. The van der Waals surface area contributed by atoms with Crippen LogP contribution in [0.4, 0.5) is 5.69 Å². The fourth-order valence-corrected chi connectivity index (χ4v) is 3.09. The van der Waals surface area contributed by atoms with E-state index in [1.54, 1.807) is 54.9 Å². The van der Waals surface area contributed by atoms with Gasteiger partial charge < -0.3 is 15.4 Å². The Morgan fingerprint density at radius 2 is 1.90 bits per heavy atom. The molecular formula is C23H22ClN3O3. The van der Waals surface area contributed by atoms with Crippen molar-refractivity contribution in [3.63, 3.8) is 0 Å². The Morgan fingerprint density at radius 3 is 2.53 bits per heavy atom. The summed E-state index contributed by atoms with van der Waals surface area (Å²) in [6, 6.07) is 15.6. The molecule has 7 heteroatoms. The lowest BCUT2D eigenvalue weighted by Crippen LogP contribution is -2.29. The minimum Gasteiger partial charge on any atom is -0.455 e. The monoisotopic (exact) mass is 423 g/mol. The van der Waals surface area contributed by atoms with E-state index in [1.165, 1.54) is 6.92 Å². The van der Waals surface area contributed by atoms with Gasteiger partial charge in [-0.25, -0.2) is 0 Å². The zero-order chi connectivity index (χ0) is 21.5. The lowest BCUT2D eigenvalue weighted by molar-refractivity contribution is -0.120. The maximum Gasteiger partial charge on any atom is 0.226 e. The molecule has 1 aromatic heterocycles. The summed E-state index contributed by atoms with van der Waals surface area (Å²) >= 11 is 5.93. The first-order valence-corrected chi connectivity index (χ1v) is 9.79. The van der Waals surface area contributed by atoms with E-state index in [4.69, 9.17) is 16.3 Å². The molecule has 0 bridgehead atoms. The lowest BCUT2D eigenvalue weighted by atomic mass is 10.0. The van der Waals surface area contributed by atoms with Crippen LogP contribution < -0.4 is 15.4 Å². The normalized spacial score (nSPS) is 11.4. The van der Waals surface area contributed by atoms with E-state index in [1.807, 2.05) is 19.1 Å². The zero-order valence-electron chi connectivity index (χ0n) is 16.7. The summed E-state index contributed by atoms with van der Waals surface area (Å²) in [5.74, 6) is 0.885. The molecule has 154 valence electrons. The number of aromatic nitrogens is 1. The van der Waals surface area contributed by atoms with Gasteiger partial charge in [0.2, 0.25) is 11.8 Å². The molecule has 0 aliphatic rings.